The highest BCUT2D eigenvalue weighted by Crippen LogP contribution is 2.13. The van der Waals surface area contributed by atoms with Crippen molar-refractivity contribution < 1.29 is 4.79 Å². The number of hydrogen-bond donors (Lipinski definition) is 3. The predicted molar refractivity (Wildman–Crippen MR) is 99.1 cm³/mol. The molecule has 0 saturated carbocycles. The number of amides is 1. The number of nitrogen functional groups attached to an aromatic ring is 1. The average molecular weight is 344 g/mol. The van der Waals surface area contributed by atoms with Crippen molar-refractivity contribution in [3.63, 3.8) is 0 Å². The van der Waals surface area contributed by atoms with Crippen LogP contribution in [-0.4, -0.2) is 72.2 Å². The van der Waals surface area contributed by atoms with E-state index in [1.165, 1.54) is 32.5 Å². The SMILES string of the molecule is N=Cc1nc(C(=O)NC2CCN(CCN3CCCC3)CC2)ccc1N. The number of nitrogens with one attached hydrogen (secondary N) is 2. The molecule has 1 aromatic heterocycles. The summed E-state index contributed by atoms with van der Waals surface area (Å²) in [6.45, 7) is 6.85. The van der Waals surface area contributed by atoms with Crippen LogP contribution in [-0.2, 0) is 0 Å². The fourth-order valence-corrected chi connectivity index (χ4v) is 3.58. The second kappa shape index (κ2) is 8.40. The number of carbonyl (C=O) groups excluding carboxylic acids is 1. The van der Waals surface area contributed by atoms with Gasteiger partial charge in [0.05, 0.1) is 5.69 Å². The van der Waals surface area contributed by atoms with Gasteiger partial charge >= 0.3 is 0 Å². The number of carbonyl (C=O) groups is 1. The quantitative estimate of drug-likeness (QED) is 0.668. The van der Waals surface area contributed by atoms with Crippen molar-refractivity contribution in [3.8, 4) is 0 Å². The summed E-state index contributed by atoms with van der Waals surface area (Å²) in [5.74, 6) is -0.182. The van der Waals surface area contributed by atoms with Crippen LogP contribution in [0.25, 0.3) is 0 Å². The summed E-state index contributed by atoms with van der Waals surface area (Å²) >= 11 is 0. The maximum Gasteiger partial charge on any atom is 0.270 e. The third kappa shape index (κ3) is 4.76. The largest absolute Gasteiger partial charge is 0.397 e. The van der Waals surface area contributed by atoms with Gasteiger partial charge in [0.15, 0.2) is 0 Å². The molecule has 0 atom stereocenters. The zero-order valence-electron chi connectivity index (χ0n) is 14.7. The molecule has 0 aromatic carbocycles. The van der Waals surface area contributed by atoms with Crippen LogP contribution in [0.1, 0.15) is 41.9 Å². The Hall–Kier alpha value is -1.99. The molecule has 0 aliphatic carbocycles. The fourth-order valence-electron chi connectivity index (χ4n) is 3.58. The van der Waals surface area contributed by atoms with Crippen LogP contribution >= 0.6 is 0 Å². The minimum absolute atomic E-state index is 0.182. The van der Waals surface area contributed by atoms with Crippen LogP contribution in [0.3, 0.4) is 0 Å². The second-order valence-corrected chi connectivity index (χ2v) is 6.95. The van der Waals surface area contributed by atoms with Crippen LogP contribution in [0.4, 0.5) is 5.69 Å². The Morgan fingerprint density at radius 3 is 2.48 bits per heavy atom. The summed E-state index contributed by atoms with van der Waals surface area (Å²) in [5, 5.41) is 10.4. The maximum atomic E-state index is 12.4. The van der Waals surface area contributed by atoms with Crippen molar-refractivity contribution in [1.82, 2.24) is 20.1 Å². The summed E-state index contributed by atoms with van der Waals surface area (Å²) in [5.41, 5.74) is 6.79. The minimum atomic E-state index is -0.182. The van der Waals surface area contributed by atoms with Gasteiger partial charge in [0.1, 0.15) is 11.4 Å². The standard InChI is InChI=1S/C18H28N6O/c19-13-17-15(20)3-4-16(22-17)18(25)21-14-5-9-24(10-6-14)12-11-23-7-1-2-8-23/h3-4,13-14,19H,1-2,5-12,20H2,(H,21,25). The number of piperidine rings is 1. The summed E-state index contributed by atoms with van der Waals surface area (Å²) in [6, 6.07) is 3.44. The van der Waals surface area contributed by atoms with E-state index in [9.17, 15) is 4.79 Å². The monoisotopic (exact) mass is 344 g/mol. The third-order valence-electron chi connectivity index (χ3n) is 5.18. The maximum absolute atomic E-state index is 12.4. The van der Waals surface area contributed by atoms with Gasteiger partial charge in [-0.1, -0.05) is 0 Å². The number of hydrogen-bond acceptors (Lipinski definition) is 6. The van der Waals surface area contributed by atoms with E-state index < -0.39 is 0 Å². The predicted octanol–water partition coefficient (Wildman–Crippen LogP) is 0.951. The lowest BCUT2D eigenvalue weighted by Gasteiger charge is -2.33. The normalized spacial score (nSPS) is 19.8. The highest BCUT2D eigenvalue weighted by molar-refractivity contribution is 5.94. The lowest BCUT2D eigenvalue weighted by atomic mass is 10.0. The van der Waals surface area contributed by atoms with E-state index in [1.54, 1.807) is 12.1 Å². The van der Waals surface area contributed by atoms with Crippen LogP contribution in [0.15, 0.2) is 12.1 Å². The molecule has 7 heteroatoms. The van der Waals surface area contributed by atoms with E-state index in [2.05, 4.69) is 20.1 Å². The first-order chi connectivity index (χ1) is 12.2. The van der Waals surface area contributed by atoms with Gasteiger partial charge in [-0.15, -0.1) is 0 Å². The highest BCUT2D eigenvalue weighted by Gasteiger charge is 2.22. The molecule has 2 fully saturated rings. The molecular weight excluding hydrogens is 316 g/mol. The molecular formula is C18H28N6O. The van der Waals surface area contributed by atoms with Gasteiger partial charge in [-0.25, -0.2) is 4.98 Å². The Kier molecular flexibility index (Phi) is 5.99. The molecule has 136 valence electrons. The molecule has 4 N–H and O–H groups in total. The molecule has 0 radical (unpaired) electrons. The van der Waals surface area contributed by atoms with Crippen molar-refractivity contribution in [1.29, 1.82) is 5.41 Å². The number of rotatable bonds is 6. The molecule has 0 spiro atoms. The lowest BCUT2D eigenvalue weighted by Crippen LogP contribution is -2.46. The van der Waals surface area contributed by atoms with Gasteiger partial charge in [-0.05, 0) is 50.9 Å². The number of aromatic nitrogens is 1. The number of likely N-dealkylation sites (tertiary alicyclic amines) is 2. The summed E-state index contributed by atoms with van der Waals surface area (Å²) in [6.07, 6.45) is 5.70. The van der Waals surface area contributed by atoms with Crippen molar-refractivity contribution in [2.45, 2.75) is 31.7 Å². The molecule has 1 aromatic rings. The van der Waals surface area contributed by atoms with E-state index in [0.717, 1.165) is 38.7 Å². The molecule has 0 unspecified atom stereocenters. The summed E-state index contributed by atoms with van der Waals surface area (Å²) in [7, 11) is 0. The molecule has 25 heavy (non-hydrogen) atoms. The third-order valence-corrected chi connectivity index (χ3v) is 5.18. The number of nitrogens with two attached hydrogens (primary N) is 1. The Balaban J connectivity index is 1.43. The van der Waals surface area contributed by atoms with E-state index >= 15 is 0 Å². The van der Waals surface area contributed by atoms with Crippen LogP contribution in [0.2, 0.25) is 0 Å². The van der Waals surface area contributed by atoms with Gasteiger partial charge in [0.2, 0.25) is 0 Å². The van der Waals surface area contributed by atoms with E-state index in [0.29, 0.717) is 17.1 Å². The zero-order chi connectivity index (χ0) is 17.6. The summed E-state index contributed by atoms with van der Waals surface area (Å²) < 4.78 is 0. The Bertz CT molecular complexity index is 606. The number of anilines is 1. The average Bonchev–Trinajstić information content (AvgIpc) is 3.15. The second-order valence-electron chi connectivity index (χ2n) is 6.95. The first-order valence-corrected chi connectivity index (χ1v) is 9.18. The Morgan fingerprint density at radius 2 is 1.84 bits per heavy atom. The number of nitrogens with zero attached hydrogens (tertiary/aromatic N) is 3. The Labute approximate surface area is 149 Å². The van der Waals surface area contributed by atoms with E-state index in [4.69, 9.17) is 11.1 Å². The van der Waals surface area contributed by atoms with E-state index in [1.807, 2.05) is 0 Å². The first kappa shape index (κ1) is 17.8. The van der Waals surface area contributed by atoms with Gasteiger partial charge in [-0.2, -0.15) is 0 Å². The first-order valence-electron chi connectivity index (χ1n) is 9.18. The van der Waals surface area contributed by atoms with Crippen molar-refractivity contribution >= 4 is 17.8 Å². The molecule has 7 nitrogen and oxygen atoms in total. The van der Waals surface area contributed by atoms with Crippen LogP contribution in [0, 0.1) is 5.41 Å². The zero-order valence-corrected chi connectivity index (χ0v) is 14.7. The van der Waals surface area contributed by atoms with E-state index in [-0.39, 0.29) is 11.9 Å². The fraction of sp³-hybridized carbons (Fsp3) is 0.611. The highest BCUT2D eigenvalue weighted by atomic mass is 16.1. The van der Waals surface area contributed by atoms with Crippen molar-refractivity contribution in [3.05, 3.63) is 23.5 Å². The van der Waals surface area contributed by atoms with Gasteiger partial charge < -0.3 is 26.3 Å². The molecule has 3 heterocycles. The van der Waals surface area contributed by atoms with Gasteiger partial charge in [0, 0.05) is 38.4 Å². The molecule has 2 saturated heterocycles. The lowest BCUT2D eigenvalue weighted by molar-refractivity contribution is 0.0903. The van der Waals surface area contributed by atoms with Crippen molar-refractivity contribution in [2.75, 3.05) is 45.0 Å². The number of pyridine rings is 1. The molecule has 0 bridgehead atoms. The van der Waals surface area contributed by atoms with Crippen LogP contribution in [0.5, 0.6) is 0 Å². The minimum Gasteiger partial charge on any atom is -0.397 e. The van der Waals surface area contributed by atoms with Crippen molar-refractivity contribution in [2.24, 2.45) is 0 Å². The topological polar surface area (TPSA) is 98.3 Å². The molecule has 3 rings (SSSR count). The summed E-state index contributed by atoms with van der Waals surface area (Å²) in [4.78, 5) is 21.6. The smallest absolute Gasteiger partial charge is 0.270 e. The molecule has 1 amide bonds. The molecule has 2 aliphatic rings. The Morgan fingerprint density at radius 1 is 1.20 bits per heavy atom. The van der Waals surface area contributed by atoms with Gasteiger partial charge in [-0.3, -0.25) is 4.79 Å². The van der Waals surface area contributed by atoms with Gasteiger partial charge in [0.25, 0.3) is 5.91 Å². The van der Waals surface area contributed by atoms with Crippen LogP contribution < -0.4 is 11.1 Å². The molecule has 2 aliphatic heterocycles.